The molecule has 2 fully saturated rings. The summed E-state index contributed by atoms with van der Waals surface area (Å²) >= 11 is 0. The molecule has 4 rings (SSSR count). The van der Waals surface area contributed by atoms with Crippen LogP contribution >= 0.6 is 0 Å². The summed E-state index contributed by atoms with van der Waals surface area (Å²) in [6.07, 6.45) is 6.29. The van der Waals surface area contributed by atoms with Gasteiger partial charge in [-0.1, -0.05) is 63.4 Å². The first kappa shape index (κ1) is 28.4. The molecule has 1 aliphatic carbocycles. The molecule has 3 amide bonds. The summed E-state index contributed by atoms with van der Waals surface area (Å²) in [6.45, 7) is 7.85. The molecule has 1 aliphatic heterocycles. The van der Waals surface area contributed by atoms with E-state index < -0.39 is 17.9 Å². The Morgan fingerprint density at radius 3 is 2.35 bits per heavy atom. The monoisotopic (exact) mass is 511 g/mol. The minimum absolute atomic E-state index is 0. The topological polar surface area (TPSA) is 69.7 Å². The summed E-state index contributed by atoms with van der Waals surface area (Å²) in [6, 6.07) is 11.6. The molecule has 202 valence electrons. The van der Waals surface area contributed by atoms with Gasteiger partial charge in [-0.25, -0.2) is 4.39 Å². The molecule has 1 heterocycles. The summed E-state index contributed by atoms with van der Waals surface area (Å²) in [5, 5.41) is 3.18. The highest BCUT2D eigenvalue weighted by Crippen LogP contribution is 2.34. The van der Waals surface area contributed by atoms with E-state index in [2.05, 4.69) is 5.32 Å². The third kappa shape index (κ3) is 6.76. The summed E-state index contributed by atoms with van der Waals surface area (Å²) in [7, 11) is 0. The molecular weight excluding hydrogens is 469 g/mol. The fraction of sp³-hybridized carbons (Fsp3) is 0.500. The van der Waals surface area contributed by atoms with Gasteiger partial charge < -0.3 is 10.2 Å². The molecule has 0 bridgehead atoms. The molecular formula is C30H42FN3O3. The Bertz CT molecular complexity index is 1090. The average molecular weight is 512 g/mol. The van der Waals surface area contributed by atoms with Gasteiger partial charge in [0.15, 0.2) is 0 Å². The minimum atomic E-state index is -0.984. The number of anilines is 1. The van der Waals surface area contributed by atoms with Crippen molar-refractivity contribution in [3.63, 3.8) is 0 Å². The van der Waals surface area contributed by atoms with Gasteiger partial charge in [-0.15, -0.1) is 0 Å². The maximum atomic E-state index is 14.4. The summed E-state index contributed by atoms with van der Waals surface area (Å²) in [4.78, 5) is 43.3. The van der Waals surface area contributed by atoms with Gasteiger partial charge in [0, 0.05) is 26.6 Å². The van der Waals surface area contributed by atoms with E-state index in [1.54, 1.807) is 11.0 Å². The van der Waals surface area contributed by atoms with Crippen molar-refractivity contribution in [3.8, 4) is 0 Å². The van der Waals surface area contributed by atoms with E-state index >= 15 is 0 Å². The second-order valence-electron chi connectivity index (χ2n) is 9.66. The summed E-state index contributed by atoms with van der Waals surface area (Å²) in [5.74, 6) is -1.32. The Morgan fingerprint density at radius 2 is 1.70 bits per heavy atom. The minimum Gasteiger partial charge on any atom is -0.351 e. The van der Waals surface area contributed by atoms with Crippen LogP contribution in [0.15, 0.2) is 48.5 Å². The van der Waals surface area contributed by atoms with Gasteiger partial charge in [0.25, 0.3) is 5.91 Å². The van der Waals surface area contributed by atoms with Crippen LogP contribution in [0, 0.1) is 12.7 Å². The lowest BCUT2D eigenvalue weighted by Crippen LogP contribution is -2.53. The van der Waals surface area contributed by atoms with Crippen molar-refractivity contribution in [1.82, 2.24) is 10.2 Å². The lowest BCUT2D eigenvalue weighted by molar-refractivity contribution is -0.136. The van der Waals surface area contributed by atoms with Gasteiger partial charge in [0.05, 0.1) is 0 Å². The molecule has 2 aliphatic rings. The van der Waals surface area contributed by atoms with Crippen LogP contribution in [0.4, 0.5) is 10.1 Å². The van der Waals surface area contributed by atoms with E-state index in [1.165, 1.54) is 30.0 Å². The van der Waals surface area contributed by atoms with Crippen LogP contribution in [-0.4, -0.2) is 41.2 Å². The SMILES string of the molecule is CC.CC(=O)N1CCC[C@@H]1C(=O)N(c1cccc(F)c1)[C@H](C(=O)NC1CCCCC1)c1ccccc1C.[HH]. The number of amides is 3. The van der Waals surface area contributed by atoms with Crippen molar-refractivity contribution >= 4 is 23.4 Å². The molecule has 0 spiro atoms. The van der Waals surface area contributed by atoms with Crippen molar-refractivity contribution < 1.29 is 20.2 Å². The Morgan fingerprint density at radius 1 is 1.00 bits per heavy atom. The van der Waals surface area contributed by atoms with Crippen LogP contribution in [0.5, 0.6) is 0 Å². The van der Waals surface area contributed by atoms with Crippen molar-refractivity contribution in [3.05, 3.63) is 65.5 Å². The van der Waals surface area contributed by atoms with Crippen molar-refractivity contribution in [1.29, 1.82) is 0 Å². The van der Waals surface area contributed by atoms with Gasteiger partial charge in [-0.3, -0.25) is 19.3 Å². The third-order valence-corrected chi connectivity index (χ3v) is 7.21. The zero-order valence-corrected chi connectivity index (χ0v) is 22.5. The van der Waals surface area contributed by atoms with Gasteiger partial charge >= 0.3 is 0 Å². The maximum absolute atomic E-state index is 14.4. The predicted octanol–water partition coefficient (Wildman–Crippen LogP) is 5.94. The number of aryl methyl sites for hydroxylation is 1. The van der Waals surface area contributed by atoms with E-state index in [9.17, 15) is 18.8 Å². The number of hydrogen-bond acceptors (Lipinski definition) is 3. The number of nitrogens with zero attached hydrogens (tertiary/aromatic N) is 2. The van der Waals surface area contributed by atoms with Gasteiger partial charge in [0.2, 0.25) is 11.8 Å². The molecule has 37 heavy (non-hydrogen) atoms. The lowest BCUT2D eigenvalue weighted by atomic mass is 9.93. The van der Waals surface area contributed by atoms with Gasteiger partial charge in [-0.2, -0.15) is 0 Å². The second kappa shape index (κ2) is 13.4. The number of rotatable bonds is 6. The van der Waals surface area contributed by atoms with Crippen LogP contribution in [0.3, 0.4) is 0 Å². The molecule has 2 atom stereocenters. The van der Waals surface area contributed by atoms with E-state index in [1.807, 2.05) is 45.0 Å². The lowest BCUT2D eigenvalue weighted by Gasteiger charge is -2.37. The number of carbonyl (C=O) groups is 3. The molecule has 2 aromatic carbocycles. The molecule has 0 radical (unpaired) electrons. The van der Waals surface area contributed by atoms with Gasteiger partial charge in [0.1, 0.15) is 17.9 Å². The van der Waals surface area contributed by atoms with E-state index in [0.717, 1.165) is 37.7 Å². The number of likely N-dealkylation sites (tertiary alicyclic amines) is 1. The highest BCUT2D eigenvalue weighted by Gasteiger charge is 2.41. The van der Waals surface area contributed by atoms with Crippen LogP contribution in [0.25, 0.3) is 0 Å². The molecule has 7 heteroatoms. The Balaban J connectivity index is 0.00000165. The first-order valence-electron chi connectivity index (χ1n) is 13.6. The highest BCUT2D eigenvalue weighted by molar-refractivity contribution is 6.05. The number of carbonyl (C=O) groups excluding carboxylic acids is 3. The quantitative estimate of drug-likeness (QED) is 0.522. The van der Waals surface area contributed by atoms with E-state index in [4.69, 9.17) is 0 Å². The van der Waals surface area contributed by atoms with Crippen molar-refractivity contribution in [2.75, 3.05) is 11.4 Å². The zero-order valence-electron chi connectivity index (χ0n) is 22.5. The van der Waals surface area contributed by atoms with Crippen LogP contribution < -0.4 is 10.2 Å². The Kier molecular flexibility index (Phi) is 10.2. The van der Waals surface area contributed by atoms with Crippen molar-refractivity contribution in [2.45, 2.75) is 90.8 Å². The number of halogens is 1. The molecule has 2 aromatic rings. The number of nitrogens with one attached hydrogen (secondary N) is 1. The van der Waals surface area contributed by atoms with Gasteiger partial charge in [-0.05, 0) is 61.9 Å². The number of benzene rings is 2. The summed E-state index contributed by atoms with van der Waals surface area (Å²) in [5.41, 5.74) is 1.85. The molecule has 1 saturated carbocycles. The van der Waals surface area contributed by atoms with Crippen LogP contribution in [-0.2, 0) is 14.4 Å². The number of hydrogen-bond donors (Lipinski definition) is 1. The standard InChI is InChI=1S/C28H34FN3O3.C2H6.H2/c1-19-10-6-7-15-24(19)26(27(34)30-22-12-4-3-5-13-22)32(23-14-8-11-21(29)18-23)28(35)25-16-9-17-31(25)20(2)33;1-2;/h6-8,10-11,14-15,18,22,25-26H,3-5,9,12-13,16-17H2,1-2H3,(H,30,34);1-2H3;1H/t25-,26+;;/m1../s1. The first-order valence-corrected chi connectivity index (χ1v) is 13.6. The van der Waals surface area contributed by atoms with E-state index in [0.29, 0.717) is 30.6 Å². The maximum Gasteiger partial charge on any atom is 0.250 e. The molecule has 1 saturated heterocycles. The van der Waals surface area contributed by atoms with Crippen LogP contribution in [0.1, 0.15) is 84.3 Å². The smallest absolute Gasteiger partial charge is 0.250 e. The Labute approximate surface area is 221 Å². The summed E-state index contributed by atoms with van der Waals surface area (Å²) < 4.78 is 14.4. The average Bonchev–Trinajstić information content (AvgIpc) is 3.40. The zero-order chi connectivity index (χ0) is 26.9. The highest BCUT2D eigenvalue weighted by atomic mass is 19.1. The van der Waals surface area contributed by atoms with Crippen LogP contribution in [0.2, 0.25) is 0 Å². The molecule has 1 N–H and O–H groups in total. The van der Waals surface area contributed by atoms with Crippen molar-refractivity contribution in [2.24, 2.45) is 0 Å². The predicted molar refractivity (Wildman–Crippen MR) is 147 cm³/mol. The molecule has 0 unspecified atom stereocenters. The largest absolute Gasteiger partial charge is 0.351 e. The normalized spacial score (nSPS) is 18.4. The van der Waals surface area contributed by atoms with E-state index in [-0.39, 0.29) is 25.2 Å². The first-order chi connectivity index (χ1) is 17.9. The fourth-order valence-electron chi connectivity index (χ4n) is 5.41. The third-order valence-electron chi connectivity index (χ3n) is 7.21. The fourth-order valence-corrected chi connectivity index (χ4v) is 5.41. The second-order valence-corrected chi connectivity index (χ2v) is 9.66. The molecule has 0 aromatic heterocycles. The molecule has 6 nitrogen and oxygen atoms in total. The Hall–Kier alpha value is -3.22.